The van der Waals surface area contributed by atoms with Gasteiger partial charge in [0.2, 0.25) is 11.8 Å². The summed E-state index contributed by atoms with van der Waals surface area (Å²) < 4.78 is 0. The predicted octanol–water partition coefficient (Wildman–Crippen LogP) is -0.116. The van der Waals surface area contributed by atoms with Crippen LogP contribution in [-0.4, -0.2) is 46.6 Å². The summed E-state index contributed by atoms with van der Waals surface area (Å²) in [5, 5.41) is 12.5. The lowest BCUT2D eigenvalue weighted by Crippen LogP contribution is -2.50. The molecular weight excluding hydrogens is 220 g/mol. The number of piperidine rings is 1. The highest BCUT2D eigenvalue weighted by atomic mass is 16.3. The molecule has 0 unspecified atom stereocenters. The lowest BCUT2D eigenvalue weighted by Gasteiger charge is -2.37. The minimum atomic E-state index is -0.986. The Morgan fingerprint density at radius 2 is 2.29 bits per heavy atom. The second-order valence-corrected chi connectivity index (χ2v) is 5.64. The Balaban J connectivity index is 2.05. The van der Waals surface area contributed by atoms with Gasteiger partial charge < -0.3 is 15.3 Å². The molecule has 2 fully saturated rings. The van der Waals surface area contributed by atoms with E-state index in [1.54, 1.807) is 18.7 Å². The van der Waals surface area contributed by atoms with E-state index in [2.05, 4.69) is 5.32 Å². The monoisotopic (exact) mass is 240 g/mol. The van der Waals surface area contributed by atoms with Gasteiger partial charge in [-0.2, -0.15) is 0 Å². The smallest absolute Gasteiger partial charge is 0.225 e. The van der Waals surface area contributed by atoms with Crippen molar-refractivity contribution in [2.75, 3.05) is 13.1 Å². The van der Waals surface area contributed by atoms with Crippen LogP contribution in [0.5, 0.6) is 0 Å². The molecule has 0 aliphatic carbocycles. The van der Waals surface area contributed by atoms with Crippen LogP contribution in [0.25, 0.3) is 0 Å². The van der Waals surface area contributed by atoms with Crippen LogP contribution in [0.1, 0.15) is 33.1 Å². The van der Waals surface area contributed by atoms with Gasteiger partial charge in [-0.1, -0.05) is 0 Å². The van der Waals surface area contributed by atoms with Gasteiger partial charge in [0.05, 0.1) is 24.0 Å². The molecule has 0 aromatic carbocycles. The molecule has 2 saturated heterocycles. The molecular formula is C12H20N2O3. The van der Waals surface area contributed by atoms with Crippen molar-refractivity contribution in [1.82, 2.24) is 10.2 Å². The minimum Gasteiger partial charge on any atom is -0.390 e. The summed E-state index contributed by atoms with van der Waals surface area (Å²) in [7, 11) is 0. The molecule has 5 heteroatoms. The Hall–Kier alpha value is -1.10. The lowest BCUT2D eigenvalue weighted by molar-refractivity contribution is -0.140. The zero-order valence-electron chi connectivity index (χ0n) is 10.4. The Bertz CT molecular complexity index is 335. The summed E-state index contributed by atoms with van der Waals surface area (Å²) in [6.45, 7) is 4.51. The third-order valence-corrected chi connectivity index (χ3v) is 3.51. The van der Waals surface area contributed by atoms with Crippen LogP contribution >= 0.6 is 0 Å². The average molecular weight is 240 g/mol. The third-order valence-electron chi connectivity index (χ3n) is 3.51. The molecule has 0 radical (unpaired) electrons. The molecule has 5 nitrogen and oxygen atoms in total. The van der Waals surface area contributed by atoms with E-state index in [4.69, 9.17) is 0 Å². The third kappa shape index (κ3) is 2.60. The van der Waals surface area contributed by atoms with Crippen molar-refractivity contribution in [3.05, 3.63) is 0 Å². The van der Waals surface area contributed by atoms with E-state index >= 15 is 0 Å². The Labute approximate surface area is 101 Å². The molecule has 2 N–H and O–H groups in total. The molecule has 2 rings (SSSR count). The number of amides is 2. The van der Waals surface area contributed by atoms with Crippen LogP contribution in [0.15, 0.2) is 0 Å². The Morgan fingerprint density at radius 1 is 1.59 bits per heavy atom. The van der Waals surface area contributed by atoms with Gasteiger partial charge in [-0.25, -0.2) is 0 Å². The fourth-order valence-corrected chi connectivity index (χ4v) is 2.73. The second-order valence-electron chi connectivity index (χ2n) is 5.64. The normalized spacial score (nSPS) is 28.9. The first kappa shape index (κ1) is 12.4. The first-order valence-corrected chi connectivity index (χ1v) is 6.18. The molecule has 0 bridgehead atoms. The SMILES string of the molecule is CC(C)(O)CC(=O)N1CCC[C@H]2C(=O)NC[C@H]21. The zero-order chi connectivity index (χ0) is 12.6. The van der Waals surface area contributed by atoms with E-state index in [0.29, 0.717) is 13.1 Å². The fourth-order valence-electron chi connectivity index (χ4n) is 2.73. The number of fused-ring (bicyclic) bond motifs is 1. The molecule has 2 heterocycles. The van der Waals surface area contributed by atoms with Crippen LogP contribution in [0.4, 0.5) is 0 Å². The molecule has 0 spiro atoms. The van der Waals surface area contributed by atoms with Crippen molar-refractivity contribution >= 4 is 11.8 Å². The van der Waals surface area contributed by atoms with E-state index in [1.165, 1.54) is 0 Å². The summed E-state index contributed by atoms with van der Waals surface area (Å²) in [6, 6.07) is -0.00824. The molecule has 0 aromatic heterocycles. The number of rotatable bonds is 2. The molecule has 2 aliphatic heterocycles. The van der Waals surface area contributed by atoms with Gasteiger partial charge in [-0.3, -0.25) is 9.59 Å². The van der Waals surface area contributed by atoms with Crippen LogP contribution in [-0.2, 0) is 9.59 Å². The zero-order valence-corrected chi connectivity index (χ0v) is 10.4. The molecule has 2 amide bonds. The number of carbonyl (C=O) groups excluding carboxylic acids is 2. The molecule has 0 aromatic rings. The van der Waals surface area contributed by atoms with Gasteiger partial charge in [-0.15, -0.1) is 0 Å². The number of nitrogens with one attached hydrogen (secondary N) is 1. The topological polar surface area (TPSA) is 69.6 Å². The largest absolute Gasteiger partial charge is 0.390 e. The van der Waals surface area contributed by atoms with Crippen molar-refractivity contribution in [3.63, 3.8) is 0 Å². The number of likely N-dealkylation sites (tertiary alicyclic amines) is 1. The number of aliphatic hydroxyl groups is 1. The molecule has 96 valence electrons. The van der Waals surface area contributed by atoms with E-state index in [9.17, 15) is 14.7 Å². The highest BCUT2D eigenvalue weighted by molar-refractivity contribution is 5.84. The summed E-state index contributed by atoms with van der Waals surface area (Å²) in [6.07, 6.45) is 1.85. The minimum absolute atomic E-state index is 0.00824. The highest BCUT2D eigenvalue weighted by Gasteiger charge is 2.42. The number of nitrogens with zero attached hydrogens (tertiary/aromatic N) is 1. The van der Waals surface area contributed by atoms with E-state index < -0.39 is 5.60 Å². The van der Waals surface area contributed by atoms with Gasteiger partial charge in [0.25, 0.3) is 0 Å². The van der Waals surface area contributed by atoms with Crippen molar-refractivity contribution in [2.45, 2.75) is 44.8 Å². The van der Waals surface area contributed by atoms with Crippen LogP contribution in [0.2, 0.25) is 0 Å². The summed E-state index contributed by atoms with van der Waals surface area (Å²) in [5.74, 6) is -0.0334. The molecule has 17 heavy (non-hydrogen) atoms. The van der Waals surface area contributed by atoms with E-state index in [0.717, 1.165) is 12.8 Å². The maximum Gasteiger partial charge on any atom is 0.225 e. The summed E-state index contributed by atoms with van der Waals surface area (Å²) in [5.41, 5.74) is -0.986. The van der Waals surface area contributed by atoms with Gasteiger partial charge in [0, 0.05) is 13.1 Å². The summed E-state index contributed by atoms with van der Waals surface area (Å²) in [4.78, 5) is 25.4. The van der Waals surface area contributed by atoms with Crippen molar-refractivity contribution in [2.24, 2.45) is 5.92 Å². The first-order chi connectivity index (χ1) is 7.88. The van der Waals surface area contributed by atoms with Crippen molar-refractivity contribution in [3.8, 4) is 0 Å². The number of hydrogen-bond acceptors (Lipinski definition) is 3. The van der Waals surface area contributed by atoms with Crippen molar-refractivity contribution in [1.29, 1.82) is 0 Å². The second kappa shape index (κ2) is 4.29. The number of hydrogen-bond donors (Lipinski definition) is 2. The van der Waals surface area contributed by atoms with Gasteiger partial charge >= 0.3 is 0 Å². The molecule has 2 aliphatic rings. The first-order valence-electron chi connectivity index (χ1n) is 6.18. The average Bonchev–Trinajstić information content (AvgIpc) is 2.58. The fraction of sp³-hybridized carbons (Fsp3) is 0.833. The summed E-state index contributed by atoms with van der Waals surface area (Å²) >= 11 is 0. The predicted molar refractivity (Wildman–Crippen MR) is 62.1 cm³/mol. The molecule has 0 saturated carbocycles. The Kier molecular flexibility index (Phi) is 3.12. The van der Waals surface area contributed by atoms with Gasteiger partial charge in [0.15, 0.2) is 0 Å². The maximum atomic E-state index is 12.1. The van der Waals surface area contributed by atoms with E-state index in [-0.39, 0.29) is 30.2 Å². The Morgan fingerprint density at radius 3 is 2.94 bits per heavy atom. The van der Waals surface area contributed by atoms with Crippen molar-refractivity contribution < 1.29 is 14.7 Å². The van der Waals surface area contributed by atoms with Crippen LogP contribution in [0.3, 0.4) is 0 Å². The quantitative estimate of drug-likeness (QED) is 0.707. The lowest BCUT2D eigenvalue weighted by atomic mass is 9.90. The number of carbonyl (C=O) groups is 2. The molecule has 2 atom stereocenters. The standard InChI is InChI=1S/C12H20N2O3/c1-12(2,17)6-10(15)14-5-3-4-8-9(14)7-13-11(8)16/h8-9,17H,3-7H2,1-2H3,(H,13,16)/t8-,9-/m1/s1. The maximum absolute atomic E-state index is 12.1. The van der Waals surface area contributed by atoms with E-state index in [1.807, 2.05) is 0 Å². The highest BCUT2D eigenvalue weighted by Crippen LogP contribution is 2.28. The van der Waals surface area contributed by atoms with Gasteiger partial charge in [0.1, 0.15) is 0 Å². The van der Waals surface area contributed by atoms with Gasteiger partial charge in [-0.05, 0) is 26.7 Å². The van der Waals surface area contributed by atoms with Crippen LogP contribution in [0, 0.1) is 5.92 Å². The van der Waals surface area contributed by atoms with Crippen LogP contribution < -0.4 is 5.32 Å².